The largest absolute Gasteiger partial charge is 0.0654 e. The molecule has 0 saturated heterocycles. The Labute approximate surface area is 334 Å². The van der Waals surface area contributed by atoms with Crippen molar-refractivity contribution in [3.63, 3.8) is 0 Å². The van der Waals surface area contributed by atoms with Gasteiger partial charge in [0.1, 0.15) is 0 Å². The van der Waals surface area contributed by atoms with E-state index in [4.69, 9.17) is 0 Å². The van der Waals surface area contributed by atoms with Crippen molar-refractivity contribution < 1.29 is 0 Å². The Morgan fingerprint density at radius 2 is 0.308 bits per heavy atom. The van der Waals surface area contributed by atoms with Crippen LogP contribution in [-0.4, -0.2) is 24.6 Å². The van der Waals surface area contributed by atoms with Crippen molar-refractivity contribution in [3.05, 3.63) is 0 Å². The maximum atomic E-state index is 2.51. The lowest BCUT2D eigenvalue weighted by atomic mass is 10.0. The molecule has 0 aromatic rings. The molecule has 52 heavy (non-hydrogen) atoms. The van der Waals surface area contributed by atoms with E-state index in [1.54, 1.807) is 43.9 Å². The molecule has 0 bridgehead atoms. The van der Waals surface area contributed by atoms with Crippen LogP contribution in [0, 0.1) is 0 Å². The Balaban J connectivity index is 4.32. The molecule has 0 spiro atoms. The number of hydrogen-bond donors (Lipinski definition) is 0. The summed E-state index contributed by atoms with van der Waals surface area (Å²) in [6, 6.07) is 0. The predicted octanol–water partition coefficient (Wildman–Crippen LogP) is 19.9. The first kappa shape index (κ1) is 52.4. The molecule has 0 N–H and O–H groups in total. The van der Waals surface area contributed by atoms with Crippen LogP contribution in [0.4, 0.5) is 0 Å². The molecule has 0 aliphatic rings. The average Bonchev–Trinajstić information content (AvgIpc) is 3.15. The van der Waals surface area contributed by atoms with E-state index >= 15 is 0 Å². The van der Waals surface area contributed by atoms with Gasteiger partial charge >= 0.3 is 0 Å². The second-order valence-electron chi connectivity index (χ2n) is 18.0. The summed E-state index contributed by atoms with van der Waals surface area (Å²) in [5.74, 6) is 0. The first-order valence-corrected chi connectivity index (χ1v) is 28.1. The van der Waals surface area contributed by atoms with E-state index in [0.717, 1.165) is 0 Å². The van der Waals surface area contributed by atoms with Crippen molar-refractivity contribution in [3.8, 4) is 0 Å². The Morgan fingerprint density at radius 1 is 0.154 bits per heavy atom. The summed E-state index contributed by atoms with van der Waals surface area (Å²) >= 11 is 0. The van der Waals surface area contributed by atoms with Crippen LogP contribution in [0.5, 0.6) is 0 Å². The quantitative estimate of drug-likeness (QED) is 0.0429. The average molecular weight is 750 g/mol. The monoisotopic (exact) mass is 750 g/mol. The fraction of sp³-hybridized carbons (Fsp3) is 1.00. The molecule has 0 rings (SSSR count). The molecular formula is C51H106P+. The lowest BCUT2D eigenvalue weighted by Gasteiger charge is -2.28. The van der Waals surface area contributed by atoms with Gasteiger partial charge in [0.15, 0.2) is 0 Å². The van der Waals surface area contributed by atoms with E-state index in [9.17, 15) is 0 Å². The number of hydrogen-bond acceptors (Lipinski definition) is 0. The second-order valence-corrected chi connectivity index (χ2v) is 22.5. The molecule has 0 aliphatic heterocycles. The van der Waals surface area contributed by atoms with Crippen LogP contribution in [-0.2, 0) is 0 Å². The van der Waals surface area contributed by atoms with Crippen LogP contribution in [0.15, 0.2) is 0 Å². The molecule has 0 radical (unpaired) electrons. The Kier molecular flexibility index (Phi) is 46.2. The Hall–Kier alpha value is 0.430. The van der Waals surface area contributed by atoms with Gasteiger partial charge in [-0.15, -0.1) is 0 Å². The molecule has 0 saturated carbocycles. The first-order chi connectivity index (χ1) is 25.7. The predicted molar refractivity (Wildman–Crippen MR) is 248 cm³/mol. The van der Waals surface area contributed by atoms with Gasteiger partial charge in [-0.25, -0.2) is 0 Å². The summed E-state index contributed by atoms with van der Waals surface area (Å²) < 4.78 is 0. The van der Waals surface area contributed by atoms with Crippen molar-refractivity contribution in [1.29, 1.82) is 0 Å². The van der Waals surface area contributed by atoms with Gasteiger partial charge in [0.2, 0.25) is 0 Å². The van der Waals surface area contributed by atoms with Gasteiger partial charge in [-0.1, -0.05) is 259 Å². The number of unbranched alkanes of at least 4 members (excludes halogenated alkanes) is 39. The molecule has 0 unspecified atom stereocenters. The summed E-state index contributed by atoms with van der Waals surface area (Å²) in [5, 5.41) is 0. The second kappa shape index (κ2) is 45.8. The van der Waals surface area contributed by atoms with Gasteiger partial charge in [0.25, 0.3) is 0 Å². The maximum Gasteiger partial charge on any atom is 0.0594 e. The fourth-order valence-corrected chi connectivity index (χ4v) is 14.0. The van der Waals surface area contributed by atoms with Crippen molar-refractivity contribution in [2.45, 2.75) is 304 Å². The van der Waals surface area contributed by atoms with Crippen molar-refractivity contribution >= 4 is 7.26 Å². The van der Waals surface area contributed by atoms with E-state index in [0.29, 0.717) is 0 Å². The van der Waals surface area contributed by atoms with Crippen LogP contribution < -0.4 is 0 Å². The van der Waals surface area contributed by atoms with Gasteiger partial charge in [-0.05, 0) is 44.9 Å². The zero-order valence-corrected chi connectivity index (χ0v) is 38.6. The molecule has 0 atom stereocenters. The zero-order chi connectivity index (χ0) is 37.7. The molecule has 1 heteroatoms. The van der Waals surface area contributed by atoms with Gasteiger partial charge < -0.3 is 0 Å². The third kappa shape index (κ3) is 40.1. The topological polar surface area (TPSA) is 0 Å². The van der Waals surface area contributed by atoms with E-state index in [1.165, 1.54) is 257 Å². The lowest BCUT2D eigenvalue weighted by Crippen LogP contribution is -2.13. The van der Waals surface area contributed by atoms with Crippen LogP contribution in [0.3, 0.4) is 0 Å². The lowest BCUT2D eigenvalue weighted by molar-refractivity contribution is 0.537. The molecule has 0 heterocycles. The molecule has 314 valence electrons. The third-order valence-electron chi connectivity index (χ3n) is 12.7. The molecule has 0 aromatic carbocycles. The van der Waals surface area contributed by atoms with Crippen molar-refractivity contribution in [2.75, 3.05) is 24.6 Å². The fourth-order valence-electron chi connectivity index (χ4n) is 9.07. The van der Waals surface area contributed by atoms with E-state index < -0.39 is 7.26 Å². The summed E-state index contributed by atoms with van der Waals surface area (Å²) in [4.78, 5) is 0. The van der Waals surface area contributed by atoms with Crippen LogP contribution in [0.25, 0.3) is 0 Å². The molecule has 0 aromatic heterocycles. The van der Waals surface area contributed by atoms with Crippen LogP contribution >= 0.6 is 7.26 Å². The molecule has 0 aliphatic carbocycles. The van der Waals surface area contributed by atoms with Crippen molar-refractivity contribution in [2.24, 2.45) is 0 Å². The minimum Gasteiger partial charge on any atom is -0.0654 e. The highest BCUT2D eigenvalue weighted by molar-refractivity contribution is 7.75. The SMILES string of the molecule is CCCCCCCCCCCCCCCC[P+](CCC)(CCCCCCCCCCCCCCCC)CCCCCCCCCCCCCCCC. The standard InChI is InChI=1S/C51H106P/c1-5-9-12-15-18-21-24-27-30-33-36-39-42-45-49-52(48-8-4,50-46-43-40-37-34-31-28-25-22-19-16-13-10-6-2)51-47-44-41-38-35-32-29-26-23-20-17-14-11-7-3/h5-51H2,1-4H3/q+1. The minimum atomic E-state index is -0.750. The number of rotatable bonds is 47. The molecular weight excluding hydrogens is 644 g/mol. The smallest absolute Gasteiger partial charge is 0.0594 e. The zero-order valence-electron chi connectivity index (χ0n) is 37.7. The third-order valence-corrected chi connectivity index (χ3v) is 17.8. The molecule has 0 fully saturated rings. The highest BCUT2D eigenvalue weighted by atomic mass is 31.2. The van der Waals surface area contributed by atoms with Gasteiger partial charge in [-0.3, -0.25) is 0 Å². The summed E-state index contributed by atoms with van der Waals surface area (Å²) in [5.41, 5.74) is 0. The summed E-state index contributed by atoms with van der Waals surface area (Å²) in [7, 11) is -0.750. The normalized spacial score (nSPS) is 12.0. The van der Waals surface area contributed by atoms with Gasteiger partial charge in [-0.2, -0.15) is 0 Å². The molecule has 0 amide bonds. The van der Waals surface area contributed by atoms with E-state index in [1.807, 2.05) is 0 Å². The van der Waals surface area contributed by atoms with Crippen LogP contribution in [0.2, 0.25) is 0 Å². The van der Waals surface area contributed by atoms with Gasteiger partial charge in [0.05, 0.1) is 24.6 Å². The Morgan fingerprint density at radius 3 is 0.462 bits per heavy atom. The summed E-state index contributed by atoms with van der Waals surface area (Å²) in [6.45, 7) is 9.49. The highest BCUT2D eigenvalue weighted by Gasteiger charge is 2.34. The maximum absolute atomic E-state index is 2.51. The van der Waals surface area contributed by atoms with E-state index in [2.05, 4.69) is 27.7 Å². The molecule has 0 nitrogen and oxygen atoms in total. The first-order valence-electron chi connectivity index (χ1n) is 25.6. The summed E-state index contributed by atoms with van der Waals surface area (Å²) in [6.07, 6.45) is 70.6. The van der Waals surface area contributed by atoms with E-state index in [-0.39, 0.29) is 0 Å². The minimum absolute atomic E-state index is 0.750. The van der Waals surface area contributed by atoms with Gasteiger partial charge in [0, 0.05) is 7.26 Å². The highest BCUT2D eigenvalue weighted by Crippen LogP contribution is 2.61. The Bertz CT molecular complexity index is 533. The van der Waals surface area contributed by atoms with Crippen molar-refractivity contribution in [1.82, 2.24) is 0 Å². The van der Waals surface area contributed by atoms with Crippen LogP contribution in [0.1, 0.15) is 304 Å².